The lowest BCUT2D eigenvalue weighted by molar-refractivity contribution is 0.0954. The van der Waals surface area contributed by atoms with Crippen LogP contribution in [0, 0.1) is 0 Å². The summed E-state index contributed by atoms with van der Waals surface area (Å²) in [6.45, 7) is 6.13. The largest absolute Gasteiger partial charge is 0.492 e. The fourth-order valence-corrected chi connectivity index (χ4v) is 4.07. The molecule has 0 saturated carbocycles. The van der Waals surface area contributed by atoms with Gasteiger partial charge in [-0.3, -0.25) is 4.79 Å². The minimum Gasteiger partial charge on any atom is -0.492 e. The van der Waals surface area contributed by atoms with E-state index >= 15 is 0 Å². The predicted molar refractivity (Wildman–Crippen MR) is 138 cm³/mol. The van der Waals surface area contributed by atoms with Crippen LogP contribution >= 0.6 is 11.6 Å². The molecule has 0 aliphatic carbocycles. The first kappa shape index (κ1) is 23.8. The Morgan fingerprint density at radius 3 is 2.53 bits per heavy atom. The quantitative estimate of drug-likeness (QED) is 0.294. The molecule has 4 aromatic rings. The molecule has 1 aromatic heterocycles. The highest BCUT2D eigenvalue weighted by Gasteiger charge is 2.12. The van der Waals surface area contributed by atoms with Crippen molar-refractivity contribution in [3.05, 3.63) is 94.8 Å². The van der Waals surface area contributed by atoms with Crippen molar-refractivity contribution in [2.75, 3.05) is 13.2 Å². The van der Waals surface area contributed by atoms with Crippen LogP contribution in [0.3, 0.4) is 0 Å². The van der Waals surface area contributed by atoms with E-state index in [1.807, 2.05) is 30.3 Å². The van der Waals surface area contributed by atoms with Gasteiger partial charge in [-0.1, -0.05) is 49.7 Å². The number of fused-ring (bicyclic) bond motifs is 1. The van der Waals surface area contributed by atoms with Crippen LogP contribution in [0.1, 0.15) is 47.9 Å². The maximum Gasteiger partial charge on any atom is 0.251 e. The van der Waals surface area contributed by atoms with Gasteiger partial charge in [0.25, 0.3) is 5.91 Å². The second-order valence-electron chi connectivity index (χ2n) is 8.41. The van der Waals surface area contributed by atoms with Crippen molar-refractivity contribution in [3.63, 3.8) is 0 Å². The minimum absolute atomic E-state index is 0.122. The Balaban J connectivity index is 1.38. The molecule has 5 nitrogen and oxygen atoms in total. The average Bonchev–Trinajstić information content (AvgIpc) is 3.21. The molecule has 176 valence electrons. The number of ether oxygens (including phenoxy) is 1. The number of carbonyl (C=O) groups is 1. The van der Waals surface area contributed by atoms with Gasteiger partial charge in [-0.25, -0.2) is 4.98 Å². The number of rotatable bonds is 10. The summed E-state index contributed by atoms with van der Waals surface area (Å²) in [5, 5.41) is 3.58. The van der Waals surface area contributed by atoms with Gasteiger partial charge in [0.05, 0.1) is 17.6 Å². The maximum atomic E-state index is 12.4. The van der Waals surface area contributed by atoms with Crippen molar-refractivity contribution < 1.29 is 9.53 Å². The number of nitrogens with zero attached hydrogens (tertiary/aromatic N) is 2. The van der Waals surface area contributed by atoms with Gasteiger partial charge in [0.2, 0.25) is 0 Å². The molecule has 0 radical (unpaired) electrons. The van der Waals surface area contributed by atoms with E-state index < -0.39 is 0 Å². The fourth-order valence-electron chi connectivity index (χ4n) is 3.94. The Morgan fingerprint density at radius 2 is 1.79 bits per heavy atom. The van der Waals surface area contributed by atoms with E-state index in [0.717, 1.165) is 29.0 Å². The van der Waals surface area contributed by atoms with Crippen LogP contribution in [0.2, 0.25) is 5.02 Å². The highest BCUT2D eigenvalue weighted by atomic mass is 35.5. The van der Waals surface area contributed by atoms with Crippen LogP contribution in [-0.2, 0) is 13.0 Å². The van der Waals surface area contributed by atoms with Crippen molar-refractivity contribution in [1.82, 2.24) is 14.9 Å². The molecule has 0 fully saturated rings. The summed E-state index contributed by atoms with van der Waals surface area (Å²) >= 11 is 5.91. The molecule has 0 spiro atoms. The van der Waals surface area contributed by atoms with Crippen LogP contribution in [-0.4, -0.2) is 28.6 Å². The lowest BCUT2D eigenvalue weighted by Gasteiger charge is -2.13. The fraction of sp³-hybridized carbons (Fsp3) is 0.286. The molecule has 0 aliphatic heterocycles. The van der Waals surface area contributed by atoms with Gasteiger partial charge in [0.1, 0.15) is 18.2 Å². The van der Waals surface area contributed by atoms with Crippen LogP contribution in [0.25, 0.3) is 11.0 Å². The number of hydrogen-bond acceptors (Lipinski definition) is 3. The molecule has 1 atom stereocenters. The molecule has 0 bridgehead atoms. The van der Waals surface area contributed by atoms with Crippen molar-refractivity contribution in [2.24, 2.45) is 0 Å². The standard InChI is InChI=1S/C28H30ClN3O2/c1-3-20(2)21-10-14-24(15-11-21)34-19-18-32-26-7-5-4-6-25(26)31-27(32)16-17-30-28(33)22-8-12-23(29)13-9-22/h4-15,20H,3,16-19H2,1-2H3,(H,30,33). The topological polar surface area (TPSA) is 56.1 Å². The molecule has 4 rings (SSSR count). The summed E-state index contributed by atoms with van der Waals surface area (Å²) in [4.78, 5) is 17.2. The van der Waals surface area contributed by atoms with Crippen LogP contribution in [0.5, 0.6) is 5.75 Å². The first-order valence-corrected chi connectivity index (χ1v) is 12.1. The average molecular weight is 476 g/mol. The second kappa shape index (κ2) is 11.2. The Labute approximate surface area is 205 Å². The molecule has 1 heterocycles. The van der Waals surface area contributed by atoms with E-state index in [2.05, 4.69) is 41.9 Å². The minimum atomic E-state index is -0.122. The third kappa shape index (κ3) is 5.78. The molecule has 3 aromatic carbocycles. The number of carbonyl (C=O) groups excluding carboxylic acids is 1. The van der Waals surface area contributed by atoms with E-state index in [9.17, 15) is 4.79 Å². The zero-order valence-corrected chi connectivity index (χ0v) is 20.4. The van der Waals surface area contributed by atoms with E-state index in [4.69, 9.17) is 21.3 Å². The molecule has 0 aliphatic rings. The highest BCUT2D eigenvalue weighted by molar-refractivity contribution is 6.30. The molecule has 6 heteroatoms. The van der Waals surface area contributed by atoms with Gasteiger partial charge in [0.15, 0.2) is 0 Å². The molecule has 0 saturated heterocycles. The number of aromatic nitrogens is 2. The summed E-state index contributed by atoms with van der Waals surface area (Å²) < 4.78 is 8.21. The molecular weight excluding hydrogens is 446 g/mol. The molecule has 1 amide bonds. The molecule has 1 unspecified atom stereocenters. The zero-order chi connectivity index (χ0) is 23.9. The third-order valence-corrected chi connectivity index (χ3v) is 6.37. The second-order valence-corrected chi connectivity index (χ2v) is 8.84. The predicted octanol–water partition coefficient (Wildman–Crippen LogP) is 6.25. The zero-order valence-electron chi connectivity index (χ0n) is 19.6. The first-order valence-electron chi connectivity index (χ1n) is 11.8. The summed E-state index contributed by atoms with van der Waals surface area (Å²) in [6, 6.07) is 23.3. The first-order chi connectivity index (χ1) is 16.5. The third-order valence-electron chi connectivity index (χ3n) is 6.12. The number of amides is 1. The molecule has 1 N–H and O–H groups in total. The number of imidazole rings is 1. The Morgan fingerprint density at radius 1 is 1.06 bits per heavy atom. The monoisotopic (exact) mass is 475 g/mol. The van der Waals surface area contributed by atoms with Gasteiger partial charge in [-0.05, 0) is 66.4 Å². The van der Waals surface area contributed by atoms with E-state index in [1.165, 1.54) is 5.56 Å². The SMILES string of the molecule is CCC(C)c1ccc(OCCn2c(CCNC(=O)c3ccc(Cl)cc3)nc3ccccc32)cc1. The molecule has 34 heavy (non-hydrogen) atoms. The van der Waals surface area contributed by atoms with Gasteiger partial charge in [-0.15, -0.1) is 0 Å². The number of hydrogen-bond donors (Lipinski definition) is 1. The van der Waals surface area contributed by atoms with Gasteiger partial charge >= 0.3 is 0 Å². The lowest BCUT2D eigenvalue weighted by atomic mass is 9.99. The summed E-state index contributed by atoms with van der Waals surface area (Å²) in [5.74, 6) is 2.22. The van der Waals surface area contributed by atoms with Crippen molar-refractivity contribution in [2.45, 2.75) is 39.2 Å². The highest BCUT2D eigenvalue weighted by Crippen LogP contribution is 2.22. The van der Waals surface area contributed by atoms with E-state index in [0.29, 0.717) is 42.6 Å². The number of halogens is 1. The number of para-hydroxylation sites is 2. The molecular formula is C28H30ClN3O2. The van der Waals surface area contributed by atoms with Crippen molar-refractivity contribution in [3.8, 4) is 5.75 Å². The van der Waals surface area contributed by atoms with Gasteiger partial charge in [0, 0.05) is 23.6 Å². The Kier molecular flexibility index (Phi) is 7.86. The Bertz CT molecular complexity index is 1230. The van der Waals surface area contributed by atoms with E-state index in [-0.39, 0.29) is 5.91 Å². The van der Waals surface area contributed by atoms with Crippen LogP contribution < -0.4 is 10.1 Å². The summed E-state index contributed by atoms with van der Waals surface area (Å²) in [7, 11) is 0. The van der Waals surface area contributed by atoms with Crippen LogP contribution in [0.15, 0.2) is 72.8 Å². The Hall–Kier alpha value is -3.31. The summed E-state index contributed by atoms with van der Waals surface area (Å²) in [5.41, 5.74) is 3.93. The lowest BCUT2D eigenvalue weighted by Crippen LogP contribution is -2.26. The van der Waals surface area contributed by atoms with Crippen molar-refractivity contribution in [1.29, 1.82) is 0 Å². The van der Waals surface area contributed by atoms with Gasteiger partial charge in [-0.2, -0.15) is 0 Å². The summed E-state index contributed by atoms with van der Waals surface area (Å²) in [6.07, 6.45) is 1.74. The van der Waals surface area contributed by atoms with Crippen molar-refractivity contribution >= 4 is 28.5 Å². The normalized spacial score (nSPS) is 12.0. The van der Waals surface area contributed by atoms with Crippen LogP contribution in [0.4, 0.5) is 0 Å². The van der Waals surface area contributed by atoms with Gasteiger partial charge < -0.3 is 14.6 Å². The maximum absolute atomic E-state index is 12.4. The number of nitrogens with one attached hydrogen (secondary N) is 1. The number of benzene rings is 3. The van der Waals surface area contributed by atoms with E-state index in [1.54, 1.807) is 24.3 Å². The smallest absolute Gasteiger partial charge is 0.251 e.